The predicted octanol–water partition coefficient (Wildman–Crippen LogP) is 2.05. The van der Waals surface area contributed by atoms with Gasteiger partial charge in [-0.3, -0.25) is 5.11 Å². The van der Waals surface area contributed by atoms with Crippen LogP contribution < -0.4 is 5.32 Å². The van der Waals surface area contributed by atoms with E-state index in [1.165, 1.54) is 6.20 Å². The molecule has 1 heterocycles. The molecular weight excluding hydrogens is 140 g/mol. The monoisotopic (exact) mass is 151 g/mol. The second-order valence-electron chi connectivity index (χ2n) is 2.66. The zero-order valence-electron chi connectivity index (χ0n) is 6.66. The number of aromatic nitrogens is 1. The predicted molar refractivity (Wildman–Crippen MR) is 43.1 cm³/mol. The van der Waals surface area contributed by atoms with Gasteiger partial charge in [-0.05, 0) is 26.0 Å². The number of hydrogen-bond donors (Lipinski definition) is 1. The molecule has 0 aliphatic carbocycles. The summed E-state index contributed by atoms with van der Waals surface area (Å²) in [5.41, 5.74) is 0.572. The van der Waals surface area contributed by atoms with Gasteiger partial charge in [0.15, 0.2) is 0 Å². The highest BCUT2D eigenvalue weighted by Gasteiger charge is 2.02. The number of nitrogens with one attached hydrogen (secondary N) is 1. The quantitative estimate of drug-likeness (QED) is 0.703. The SMILES string of the molecule is CC(C)Nc1cccnc1[O]. The Morgan fingerprint density at radius 1 is 1.55 bits per heavy atom. The molecule has 0 atom stereocenters. The van der Waals surface area contributed by atoms with E-state index in [1.807, 2.05) is 13.8 Å². The first-order valence-corrected chi connectivity index (χ1v) is 3.58. The number of rotatable bonds is 2. The van der Waals surface area contributed by atoms with Crippen molar-refractivity contribution in [2.75, 3.05) is 5.32 Å². The molecule has 0 aliphatic heterocycles. The summed E-state index contributed by atoms with van der Waals surface area (Å²) < 4.78 is 0. The van der Waals surface area contributed by atoms with Crippen molar-refractivity contribution in [3.63, 3.8) is 0 Å². The molecule has 0 saturated heterocycles. The van der Waals surface area contributed by atoms with Crippen molar-refractivity contribution >= 4 is 5.69 Å². The molecule has 3 nitrogen and oxygen atoms in total. The Morgan fingerprint density at radius 3 is 2.82 bits per heavy atom. The number of hydrogen-bond acceptors (Lipinski definition) is 2. The van der Waals surface area contributed by atoms with Crippen LogP contribution >= 0.6 is 0 Å². The Kier molecular flexibility index (Phi) is 2.31. The minimum Gasteiger partial charge on any atom is -0.378 e. The zero-order valence-corrected chi connectivity index (χ0v) is 6.66. The van der Waals surface area contributed by atoms with Gasteiger partial charge in [-0.2, -0.15) is 0 Å². The molecule has 0 saturated carbocycles. The van der Waals surface area contributed by atoms with E-state index in [-0.39, 0.29) is 11.9 Å². The first-order valence-electron chi connectivity index (χ1n) is 3.58. The molecule has 1 radical (unpaired) electrons. The van der Waals surface area contributed by atoms with E-state index in [0.29, 0.717) is 5.69 Å². The van der Waals surface area contributed by atoms with Gasteiger partial charge in [-0.25, -0.2) is 4.98 Å². The first-order chi connectivity index (χ1) is 5.20. The van der Waals surface area contributed by atoms with Crippen LogP contribution in [-0.2, 0) is 5.11 Å². The van der Waals surface area contributed by atoms with Crippen molar-refractivity contribution in [2.45, 2.75) is 19.9 Å². The summed E-state index contributed by atoms with van der Waals surface area (Å²) in [6.45, 7) is 3.96. The van der Waals surface area contributed by atoms with Gasteiger partial charge in [0.25, 0.3) is 5.88 Å². The molecule has 1 aromatic heterocycles. The van der Waals surface area contributed by atoms with Gasteiger partial charge in [-0.15, -0.1) is 0 Å². The molecular formula is C8H11N2O. The summed E-state index contributed by atoms with van der Waals surface area (Å²) in [5.74, 6) is -0.193. The molecule has 0 unspecified atom stereocenters. The van der Waals surface area contributed by atoms with Crippen LogP contribution in [0.5, 0.6) is 5.88 Å². The molecule has 11 heavy (non-hydrogen) atoms. The van der Waals surface area contributed by atoms with E-state index in [9.17, 15) is 5.11 Å². The molecule has 3 heteroatoms. The Balaban J connectivity index is 2.78. The maximum Gasteiger partial charge on any atom is 0.293 e. The van der Waals surface area contributed by atoms with E-state index in [4.69, 9.17) is 0 Å². The maximum atomic E-state index is 11.0. The van der Waals surface area contributed by atoms with E-state index < -0.39 is 0 Å². The molecule has 1 N–H and O–H groups in total. The average Bonchev–Trinajstić information content (AvgIpc) is 1.93. The van der Waals surface area contributed by atoms with Crippen LogP contribution in [0.15, 0.2) is 18.3 Å². The summed E-state index contributed by atoms with van der Waals surface area (Å²) in [5, 5.41) is 14.0. The highest BCUT2D eigenvalue weighted by Crippen LogP contribution is 2.19. The van der Waals surface area contributed by atoms with Crippen molar-refractivity contribution in [3.8, 4) is 5.88 Å². The third kappa shape index (κ3) is 2.11. The van der Waals surface area contributed by atoms with Gasteiger partial charge < -0.3 is 5.32 Å². The fraction of sp³-hybridized carbons (Fsp3) is 0.375. The third-order valence-corrected chi connectivity index (χ3v) is 1.22. The van der Waals surface area contributed by atoms with Crippen LogP contribution in [0.2, 0.25) is 0 Å². The standard InChI is InChI=1S/C8H11N2O/c1-6(2)10-7-4-3-5-9-8(7)11/h3-6,10H,1-2H3. The van der Waals surface area contributed by atoms with E-state index in [1.54, 1.807) is 12.1 Å². The minimum atomic E-state index is -0.193. The highest BCUT2D eigenvalue weighted by molar-refractivity contribution is 5.51. The Hall–Kier alpha value is -1.25. The molecule has 0 bridgehead atoms. The molecule has 0 amide bonds. The van der Waals surface area contributed by atoms with Gasteiger partial charge in [0.1, 0.15) is 5.69 Å². The lowest BCUT2D eigenvalue weighted by atomic mass is 10.3. The highest BCUT2D eigenvalue weighted by atomic mass is 16.3. The number of pyridine rings is 1. The Morgan fingerprint density at radius 2 is 2.27 bits per heavy atom. The average molecular weight is 151 g/mol. The molecule has 0 aromatic carbocycles. The summed E-state index contributed by atoms with van der Waals surface area (Å²) in [4.78, 5) is 3.61. The van der Waals surface area contributed by atoms with Gasteiger partial charge in [0.2, 0.25) is 0 Å². The zero-order chi connectivity index (χ0) is 8.27. The smallest absolute Gasteiger partial charge is 0.293 e. The summed E-state index contributed by atoms with van der Waals surface area (Å²) in [6, 6.07) is 3.74. The first kappa shape index (κ1) is 7.85. The Labute approximate surface area is 66.1 Å². The van der Waals surface area contributed by atoms with E-state index >= 15 is 0 Å². The summed E-state index contributed by atoms with van der Waals surface area (Å²) in [7, 11) is 0. The van der Waals surface area contributed by atoms with Crippen LogP contribution in [0, 0.1) is 0 Å². The van der Waals surface area contributed by atoms with Crippen LogP contribution in [0.25, 0.3) is 0 Å². The summed E-state index contributed by atoms with van der Waals surface area (Å²) in [6.07, 6.45) is 1.49. The molecule has 0 fully saturated rings. The summed E-state index contributed by atoms with van der Waals surface area (Å²) >= 11 is 0. The second kappa shape index (κ2) is 3.23. The fourth-order valence-electron chi connectivity index (χ4n) is 0.812. The maximum absolute atomic E-state index is 11.0. The number of nitrogens with zero attached hydrogens (tertiary/aromatic N) is 1. The van der Waals surface area contributed by atoms with Crippen LogP contribution in [0.4, 0.5) is 5.69 Å². The topological polar surface area (TPSA) is 44.8 Å². The molecule has 59 valence electrons. The van der Waals surface area contributed by atoms with Gasteiger partial charge in [0.05, 0.1) is 0 Å². The molecule has 1 rings (SSSR count). The van der Waals surface area contributed by atoms with Crippen LogP contribution in [0.3, 0.4) is 0 Å². The lowest BCUT2D eigenvalue weighted by molar-refractivity contribution is 0.339. The lowest BCUT2D eigenvalue weighted by Crippen LogP contribution is -2.09. The van der Waals surface area contributed by atoms with Crippen molar-refractivity contribution in [1.82, 2.24) is 4.98 Å². The molecule has 1 aromatic rings. The van der Waals surface area contributed by atoms with E-state index in [0.717, 1.165) is 0 Å². The van der Waals surface area contributed by atoms with Crippen molar-refractivity contribution < 1.29 is 5.11 Å². The Bertz CT molecular complexity index is 235. The van der Waals surface area contributed by atoms with Crippen LogP contribution in [0.1, 0.15) is 13.8 Å². The van der Waals surface area contributed by atoms with Gasteiger partial charge in [0, 0.05) is 12.2 Å². The second-order valence-corrected chi connectivity index (χ2v) is 2.66. The van der Waals surface area contributed by atoms with Gasteiger partial charge >= 0.3 is 0 Å². The number of anilines is 1. The van der Waals surface area contributed by atoms with Crippen molar-refractivity contribution in [3.05, 3.63) is 18.3 Å². The van der Waals surface area contributed by atoms with E-state index in [2.05, 4.69) is 10.3 Å². The largest absolute Gasteiger partial charge is 0.378 e. The fourth-order valence-corrected chi connectivity index (χ4v) is 0.812. The molecule has 0 aliphatic rings. The lowest BCUT2D eigenvalue weighted by Gasteiger charge is -2.08. The normalized spacial score (nSPS) is 10.1. The minimum absolute atomic E-state index is 0.193. The van der Waals surface area contributed by atoms with Gasteiger partial charge in [-0.1, -0.05) is 0 Å². The van der Waals surface area contributed by atoms with Crippen molar-refractivity contribution in [2.24, 2.45) is 0 Å². The third-order valence-electron chi connectivity index (χ3n) is 1.22. The molecule has 0 spiro atoms. The van der Waals surface area contributed by atoms with Crippen LogP contribution in [-0.4, -0.2) is 11.0 Å². The van der Waals surface area contributed by atoms with Crippen molar-refractivity contribution in [1.29, 1.82) is 0 Å².